The van der Waals surface area contributed by atoms with Crippen LogP contribution in [0.15, 0.2) is 41.3 Å². The van der Waals surface area contributed by atoms with Crippen LogP contribution in [0.2, 0.25) is 0 Å². The number of benzene rings is 2. The molecule has 0 bridgehead atoms. The first-order valence-electron chi connectivity index (χ1n) is 7.70. The van der Waals surface area contributed by atoms with Gasteiger partial charge in [-0.25, -0.2) is 4.55 Å². The van der Waals surface area contributed by atoms with Crippen molar-refractivity contribution in [2.75, 3.05) is 13.7 Å². The molecule has 0 aliphatic rings. The minimum absolute atomic E-state index is 0.625. The Bertz CT molecular complexity index is 686. The van der Waals surface area contributed by atoms with Crippen molar-refractivity contribution in [3.8, 4) is 16.9 Å². The van der Waals surface area contributed by atoms with Gasteiger partial charge in [0, 0.05) is 12.1 Å². The van der Waals surface area contributed by atoms with Gasteiger partial charge in [-0.1, -0.05) is 25.1 Å². The van der Waals surface area contributed by atoms with Gasteiger partial charge >= 0.3 is 0 Å². The Kier molecular flexibility index (Phi) is 5.70. The molecule has 0 aromatic heterocycles. The molecule has 23 heavy (non-hydrogen) atoms. The van der Waals surface area contributed by atoms with Gasteiger partial charge in [0.15, 0.2) is 0 Å². The fourth-order valence-electron chi connectivity index (χ4n) is 2.59. The summed E-state index contributed by atoms with van der Waals surface area (Å²) < 4.78 is 27.0. The third-order valence-corrected chi connectivity index (χ3v) is 5.38. The van der Waals surface area contributed by atoms with Gasteiger partial charge in [0.25, 0.3) is 0 Å². The fourth-order valence-corrected chi connectivity index (χ4v) is 3.87. The molecular formula is C18H26NO3S+. The Labute approximate surface area is 140 Å². The maximum absolute atomic E-state index is 10.4. The average molecular weight is 336 g/mol. The van der Waals surface area contributed by atoms with Crippen LogP contribution in [0.5, 0.6) is 5.75 Å². The molecule has 0 saturated carbocycles. The molecule has 1 atom stereocenters. The summed E-state index contributed by atoms with van der Waals surface area (Å²) in [6, 6.07) is 11.7. The lowest BCUT2D eigenvalue weighted by atomic mass is 9.96. The molecule has 2 aromatic carbocycles. The summed E-state index contributed by atoms with van der Waals surface area (Å²) in [5.41, 5.74) is 4.28. The van der Waals surface area contributed by atoms with E-state index in [-0.39, 0.29) is 0 Å². The van der Waals surface area contributed by atoms with Crippen molar-refractivity contribution in [1.29, 1.82) is 0 Å². The smallest absolute Gasteiger partial charge is 0.126 e. The highest BCUT2D eigenvalue weighted by Gasteiger charge is 2.20. The number of nitrogens with one attached hydrogen (secondary N) is 1. The number of aryl methyl sites for hydroxylation is 2. The third-order valence-electron chi connectivity index (χ3n) is 3.82. The van der Waals surface area contributed by atoms with Crippen LogP contribution in [0.3, 0.4) is 0 Å². The lowest BCUT2D eigenvalue weighted by Crippen LogP contribution is -2.20. The molecule has 0 heterocycles. The molecule has 0 aliphatic heterocycles. The molecule has 0 fully saturated rings. The van der Waals surface area contributed by atoms with Crippen LogP contribution in [0.4, 0.5) is 0 Å². The molecule has 0 amide bonds. The van der Waals surface area contributed by atoms with Gasteiger partial charge in [-0.15, -0.1) is 0 Å². The summed E-state index contributed by atoms with van der Waals surface area (Å²) >= 11 is 0. The molecule has 126 valence electrons. The zero-order chi connectivity index (χ0) is 17.0. The molecule has 2 rings (SSSR count). The van der Waals surface area contributed by atoms with Gasteiger partial charge in [-0.05, 0) is 65.9 Å². The second-order valence-electron chi connectivity index (χ2n) is 5.60. The first-order valence-corrected chi connectivity index (χ1v) is 9.29. The van der Waals surface area contributed by atoms with E-state index in [1.807, 2.05) is 44.2 Å². The van der Waals surface area contributed by atoms with Gasteiger partial charge in [-0.3, -0.25) is 0 Å². The summed E-state index contributed by atoms with van der Waals surface area (Å²) in [6.07, 6.45) is 0.881. The first kappa shape index (κ1) is 17.8. The fraction of sp³-hybridized carbons (Fsp3) is 0.333. The van der Waals surface area contributed by atoms with Gasteiger partial charge in [-0.2, -0.15) is 4.72 Å². The molecule has 4 N–H and O–H groups in total. The quantitative estimate of drug-likeness (QED) is 0.778. The van der Waals surface area contributed by atoms with Crippen LogP contribution < -0.4 is 9.46 Å². The largest absolute Gasteiger partial charge is 0.496 e. The number of ether oxygens (including phenoxy) is 1. The highest BCUT2D eigenvalue weighted by atomic mass is 32.3. The topological polar surface area (TPSA) is 64.4 Å². The Balaban J connectivity index is 2.45. The molecule has 1 unspecified atom stereocenters. The maximum Gasteiger partial charge on any atom is 0.126 e. The zero-order valence-electron chi connectivity index (χ0n) is 14.1. The molecule has 0 aliphatic carbocycles. The van der Waals surface area contributed by atoms with Crippen molar-refractivity contribution >= 4 is 10.8 Å². The number of hydrogen-bond donors (Lipinski definition) is 2. The van der Waals surface area contributed by atoms with Crippen molar-refractivity contribution in [3.05, 3.63) is 47.5 Å². The summed E-state index contributed by atoms with van der Waals surface area (Å²) in [7, 11) is -1.03. The predicted molar refractivity (Wildman–Crippen MR) is 98.3 cm³/mol. The summed E-state index contributed by atoms with van der Waals surface area (Å²) in [5, 5.41) is 0. The Morgan fingerprint density at radius 3 is 2.52 bits per heavy atom. The van der Waals surface area contributed by atoms with Gasteiger partial charge < -0.3 is 9.29 Å². The Morgan fingerprint density at radius 2 is 1.91 bits per heavy atom. The standard InChI is InChI=1S/C18H25NO3S/c1-5-11-19-23(20,21)15-9-10-16(14(3)12-15)18-13(2)7-6-8-17(18)22-4/h6-10,12,19-21H,5,11H2,1-4H3/p+1. The summed E-state index contributed by atoms with van der Waals surface area (Å²) in [5.74, 6) is 0.832. The minimum Gasteiger partial charge on any atom is -0.496 e. The second-order valence-corrected chi connectivity index (χ2v) is 7.52. The second kappa shape index (κ2) is 7.36. The van der Waals surface area contributed by atoms with Gasteiger partial charge in [0.2, 0.25) is 0 Å². The Hall–Kier alpha value is -1.53. The van der Waals surface area contributed by atoms with Crippen molar-refractivity contribution in [2.45, 2.75) is 32.1 Å². The van der Waals surface area contributed by atoms with E-state index in [4.69, 9.17) is 9.29 Å². The minimum atomic E-state index is -2.70. The van der Waals surface area contributed by atoms with Crippen LogP contribution in [-0.2, 0) is 0 Å². The van der Waals surface area contributed by atoms with E-state index < -0.39 is 10.8 Å². The molecule has 0 spiro atoms. The van der Waals surface area contributed by atoms with E-state index in [1.54, 1.807) is 7.11 Å². The zero-order valence-corrected chi connectivity index (χ0v) is 15.0. The average Bonchev–Trinajstić information content (AvgIpc) is 2.53. The van der Waals surface area contributed by atoms with Crippen molar-refractivity contribution in [2.24, 2.45) is 0 Å². The van der Waals surface area contributed by atoms with Crippen LogP contribution in [-0.4, -0.2) is 22.8 Å². The van der Waals surface area contributed by atoms with E-state index in [1.165, 1.54) is 0 Å². The van der Waals surface area contributed by atoms with Crippen LogP contribution >= 0.6 is 10.8 Å². The highest BCUT2D eigenvalue weighted by molar-refractivity contribution is 8.22. The SMILES string of the molecule is CCCNS(O)([OH2+])c1ccc(-c2c(C)cccc2OC)c(C)c1. The number of methoxy groups -OCH3 is 1. The van der Waals surface area contributed by atoms with Crippen molar-refractivity contribution in [1.82, 2.24) is 4.72 Å². The maximum atomic E-state index is 10.4. The lowest BCUT2D eigenvalue weighted by Gasteiger charge is -2.29. The van der Waals surface area contributed by atoms with Crippen molar-refractivity contribution < 1.29 is 13.8 Å². The monoisotopic (exact) mass is 336 g/mol. The molecule has 2 aromatic rings. The van der Waals surface area contributed by atoms with E-state index in [9.17, 15) is 4.55 Å². The van der Waals surface area contributed by atoms with E-state index >= 15 is 0 Å². The van der Waals surface area contributed by atoms with Crippen LogP contribution in [0, 0.1) is 13.8 Å². The van der Waals surface area contributed by atoms with Crippen LogP contribution in [0.25, 0.3) is 11.1 Å². The molecular weight excluding hydrogens is 310 g/mol. The summed E-state index contributed by atoms with van der Waals surface area (Å²) in [6.45, 7) is 6.70. The normalized spacial score (nSPS) is 15.0. The van der Waals surface area contributed by atoms with E-state index in [2.05, 4.69) is 17.7 Å². The molecule has 4 nitrogen and oxygen atoms in total. The molecule has 0 radical (unpaired) electrons. The highest BCUT2D eigenvalue weighted by Crippen LogP contribution is 2.46. The molecule has 5 heteroatoms. The van der Waals surface area contributed by atoms with E-state index in [0.29, 0.717) is 11.4 Å². The van der Waals surface area contributed by atoms with Crippen molar-refractivity contribution in [3.63, 3.8) is 0 Å². The number of rotatable bonds is 6. The lowest BCUT2D eigenvalue weighted by molar-refractivity contribution is 0.416. The summed E-state index contributed by atoms with van der Waals surface area (Å²) in [4.78, 5) is 0.625. The first-order chi connectivity index (χ1) is 10.9. The predicted octanol–water partition coefficient (Wildman–Crippen LogP) is 4.17. The van der Waals surface area contributed by atoms with E-state index in [0.717, 1.165) is 34.4 Å². The van der Waals surface area contributed by atoms with Gasteiger partial charge in [0.1, 0.15) is 10.6 Å². The number of hydrogen-bond acceptors (Lipinski definition) is 3. The van der Waals surface area contributed by atoms with Gasteiger partial charge in [0.05, 0.1) is 7.11 Å². The Morgan fingerprint density at radius 1 is 1.17 bits per heavy atom. The van der Waals surface area contributed by atoms with Crippen LogP contribution in [0.1, 0.15) is 24.5 Å². The molecule has 0 saturated heterocycles. The third kappa shape index (κ3) is 3.87.